The van der Waals surface area contributed by atoms with Crippen molar-refractivity contribution < 1.29 is 9.53 Å². The highest BCUT2D eigenvalue weighted by Gasteiger charge is 2.29. The molecule has 2 aromatic rings. The van der Waals surface area contributed by atoms with E-state index in [1.165, 1.54) is 5.56 Å². The molecule has 0 unspecified atom stereocenters. The second-order valence-corrected chi connectivity index (χ2v) is 7.41. The third kappa shape index (κ3) is 3.49. The minimum absolute atomic E-state index is 0.0858. The lowest BCUT2D eigenvalue weighted by Crippen LogP contribution is -2.37. The van der Waals surface area contributed by atoms with Crippen LogP contribution in [0.3, 0.4) is 0 Å². The number of carbonyl (C=O) groups is 1. The lowest BCUT2D eigenvalue weighted by atomic mass is 9.87. The predicted molar refractivity (Wildman–Crippen MR) is 107 cm³/mol. The number of nitrogens with zero attached hydrogens (tertiary/aromatic N) is 1. The molecule has 0 aromatic heterocycles. The Bertz CT molecular complexity index is 874. The lowest BCUT2D eigenvalue weighted by molar-refractivity contribution is -0.117. The summed E-state index contributed by atoms with van der Waals surface area (Å²) in [6.45, 7) is 10.6. The quantitative estimate of drug-likeness (QED) is 0.504. The summed E-state index contributed by atoms with van der Waals surface area (Å²) >= 11 is 0. The number of hydrogen-bond acceptors (Lipinski definition) is 3. The summed E-state index contributed by atoms with van der Waals surface area (Å²) in [4.78, 5) is 14.5. The van der Waals surface area contributed by atoms with Crippen LogP contribution in [0.4, 0.5) is 11.4 Å². The number of benzene rings is 2. The van der Waals surface area contributed by atoms with E-state index in [4.69, 9.17) is 10.5 Å². The monoisotopic (exact) mass is 348 g/mol. The maximum Gasteiger partial charge on any atom is 0.294 e. The number of fused-ring (bicyclic) bond motifs is 1. The van der Waals surface area contributed by atoms with Crippen LogP contribution in [0.2, 0.25) is 0 Å². The van der Waals surface area contributed by atoms with Gasteiger partial charge in [-0.2, -0.15) is 0 Å². The SMILES string of the molecule is C=CCN1C(=O)/C(=C\c2ccc(C(C)(C)C)cc2)Oc2ccc(N)cc21. The van der Waals surface area contributed by atoms with Gasteiger partial charge in [-0.3, -0.25) is 9.69 Å². The Kier molecular flexibility index (Phi) is 4.60. The van der Waals surface area contributed by atoms with Gasteiger partial charge in [0, 0.05) is 12.2 Å². The van der Waals surface area contributed by atoms with Crippen molar-refractivity contribution in [1.82, 2.24) is 0 Å². The topological polar surface area (TPSA) is 55.6 Å². The highest BCUT2D eigenvalue weighted by atomic mass is 16.5. The van der Waals surface area contributed by atoms with Gasteiger partial charge in [0.2, 0.25) is 0 Å². The molecule has 0 saturated carbocycles. The Morgan fingerprint density at radius 2 is 1.85 bits per heavy atom. The van der Waals surface area contributed by atoms with E-state index in [2.05, 4.69) is 39.5 Å². The van der Waals surface area contributed by atoms with Crippen molar-refractivity contribution >= 4 is 23.4 Å². The summed E-state index contributed by atoms with van der Waals surface area (Å²) in [6.07, 6.45) is 3.45. The fourth-order valence-corrected chi connectivity index (χ4v) is 2.87. The van der Waals surface area contributed by atoms with Gasteiger partial charge < -0.3 is 10.5 Å². The van der Waals surface area contributed by atoms with Crippen molar-refractivity contribution in [3.05, 3.63) is 72.0 Å². The lowest BCUT2D eigenvalue weighted by Gasteiger charge is -2.30. The molecule has 0 aliphatic carbocycles. The van der Waals surface area contributed by atoms with E-state index in [1.54, 1.807) is 35.3 Å². The summed E-state index contributed by atoms with van der Waals surface area (Å²) in [5.41, 5.74) is 9.35. The molecule has 0 atom stereocenters. The molecule has 1 aliphatic heterocycles. The van der Waals surface area contributed by atoms with Gasteiger partial charge in [0.05, 0.1) is 5.69 Å². The molecule has 0 fully saturated rings. The van der Waals surface area contributed by atoms with E-state index in [-0.39, 0.29) is 17.1 Å². The molecule has 1 amide bonds. The minimum Gasteiger partial charge on any atom is -0.449 e. The Morgan fingerprint density at radius 1 is 1.15 bits per heavy atom. The molecule has 2 N–H and O–H groups in total. The molecule has 4 nitrogen and oxygen atoms in total. The fourth-order valence-electron chi connectivity index (χ4n) is 2.87. The van der Waals surface area contributed by atoms with Crippen molar-refractivity contribution in [2.45, 2.75) is 26.2 Å². The Hall–Kier alpha value is -3.01. The summed E-state index contributed by atoms with van der Waals surface area (Å²) in [6, 6.07) is 13.4. The van der Waals surface area contributed by atoms with E-state index < -0.39 is 0 Å². The van der Waals surface area contributed by atoms with E-state index >= 15 is 0 Å². The normalized spacial score (nSPS) is 15.6. The molecule has 2 aromatic carbocycles. The molecule has 0 saturated heterocycles. The van der Waals surface area contributed by atoms with Crippen LogP contribution < -0.4 is 15.4 Å². The van der Waals surface area contributed by atoms with Gasteiger partial charge in [0.15, 0.2) is 11.5 Å². The molecule has 0 radical (unpaired) electrons. The molecule has 0 bridgehead atoms. The zero-order valence-corrected chi connectivity index (χ0v) is 15.5. The first-order valence-corrected chi connectivity index (χ1v) is 8.62. The Morgan fingerprint density at radius 3 is 2.46 bits per heavy atom. The Balaban J connectivity index is 1.97. The van der Waals surface area contributed by atoms with Crippen molar-refractivity contribution in [3.8, 4) is 5.75 Å². The first-order valence-electron chi connectivity index (χ1n) is 8.62. The average Bonchev–Trinajstić information content (AvgIpc) is 2.59. The second-order valence-electron chi connectivity index (χ2n) is 7.41. The van der Waals surface area contributed by atoms with Gasteiger partial charge in [-0.1, -0.05) is 51.1 Å². The fraction of sp³-hybridized carbons (Fsp3) is 0.227. The summed E-state index contributed by atoms with van der Waals surface area (Å²) in [5.74, 6) is 0.689. The van der Waals surface area contributed by atoms with Crippen molar-refractivity contribution in [3.63, 3.8) is 0 Å². The highest BCUT2D eigenvalue weighted by molar-refractivity contribution is 6.10. The maximum atomic E-state index is 12.9. The third-order valence-corrected chi connectivity index (χ3v) is 4.34. The van der Waals surface area contributed by atoms with E-state index in [0.717, 1.165) is 5.56 Å². The van der Waals surface area contributed by atoms with Gasteiger partial charge in [-0.05, 0) is 40.8 Å². The van der Waals surface area contributed by atoms with Crippen molar-refractivity contribution in [2.24, 2.45) is 0 Å². The average molecular weight is 348 g/mol. The summed E-state index contributed by atoms with van der Waals surface area (Å²) in [5, 5.41) is 0. The second kappa shape index (κ2) is 6.71. The number of ether oxygens (including phenoxy) is 1. The number of anilines is 2. The molecule has 0 spiro atoms. The zero-order valence-electron chi connectivity index (χ0n) is 15.5. The van der Waals surface area contributed by atoms with Crippen LogP contribution in [0.15, 0.2) is 60.9 Å². The number of amides is 1. The van der Waals surface area contributed by atoms with E-state index in [1.807, 2.05) is 12.1 Å². The maximum absolute atomic E-state index is 12.9. The van der Waals surface area contributed by atoms with Crippen LogP contribution in [-0.2, 0) is 10.2 Å². The van der Waals surface area contributed by atoms with Crippen molar-refractivity contribution in [1.29, 1.82) is 0 Å². The first kappa shape index (κ1) is 17.8. The predicted octanol–water partition coefficient (Wildman–Crippen LogP) is 4.52. The van der Waals surface area contributed by atoms with Crippen LogP contribution >= 0.6 is 0 Å². The molecule has 26 heavy (non-hydrogen) atoms. The smallest absolute Gasteiger partial charge is 0.294 e. The Labute approximate surface area is 154 Å². The van der Waals surface area contributed by atoms with Gasteiger partial charge in [0.25, 0.3) is 5.91 Å². The first-order chi connectivity index (χ1) is 12.3. The van der Waals surface area contributed by atoms with Crippen LogP contribution in [0, 0.1) is 0 Å². The molecule has 134 valence electrons. The molecule has 1 aliphatic rings. The van der Waals surface area contributed by atoms with Crippen LogP contribution in [-0.4, -0.2) is 12.5 Å². The number of hydrogen-bond donors (Lipinski definition) is 1. The van der Waals surface area contributed by atoms with Gasteiger partial charge in [-0.25, -0.2) is 0 Å². The number of nitrogens with two attached hydrogens (primary N) is 1. The molecule has 1 heterocycles. The molecule has 3 rings (SSSR count). The van der Waals surface area contributed by atoms with Gasteiger partial charge in [0.1, 0.15) is 0 Å². The van der Waals surface area contributed by atoms with Crippen molar-refractivity contribution in [2.75, 3.05) is 17.2 Å². The van der Waals surface area contributed by atoms with Crippen LogP contribution in [0.25, 0.3) is 6.08 Å². The third-order valence-electron chi connectivity index (χ3n) is 4.34. The van der Waals surface area contributed by atoms with Crippen LogP contribution in [0.5, 0.6) is 5.75 Å². The number of nitrogen functional groups attached to an aromatic ring is 1. The van der Waals surface area contributed by atoms with Gasteiger partial charge >= 0.3 is 0 Å². The minimum atomic E-state index is -0.206. The number of carbonyl (C=O) groups excluding carboxylic acids is 1. The summed E-state index contributed by atoms with van der Waals surface area (Å²) in [7, 11) is 0. The highest BCUT2D eigenvalue weighted by Crippen LogP contribution is 2.37. The molecule has 4 heteroatoms. The summed E-state index contributed by atoms with van der Waals surface area (Å²) < 4.78 is 5.86. The van der Waals surface area contributed by atoms with Gasteiger partial charge in [-0.15, -0.1) is 6.58 Å². The number of rotatable bonds is 3. The molecular weight excluding hydrogens is 324 g/mol. The van der Waals surface area contributed by atoms with E-state index in [0.29, 0.717) is 23.7 Å². The largest absolute Gasteiger partial charge is 0.449 e. The standard InChI is InChI=1S/C22H24N2O2/c1-5-12-24-18-14-17(23)10-11-19(18)26-20(21(24)25)13-15-6-8-16(9-7-15)22(2,3)4/h5-11,13-14H,1,12,23H2,2-4H3/b20-13+. The zero-order chi connectivity index (χ0) is 18.9. The molecular formula is C22H24N2O2. The van der Waals surface area contributed by atoms with Crippen LogP contribution in [0.1, 0.15) is 31.9 Å². The van der Waals surface area contributed by atoms with E-state index in [9.17, 15) is 4.79 Å².